The maximum atomic E-state index is 12.8. The summed E-state index contributed by atoms with van der Waals surface area (Å²) in [5.74, 6) is 2.04. The number of nitrogens with one attached hydrogen (secondary N) is 1. The number of allylic oxidation sites excluding steroid dienone is 1. The Hall–Kier alpha value is -2.79. The molecule has 2 aromatic rings. The second-order valence-electron chi connectivity index (χ2n) is 6.94. The first-order chi connectivity index (χ1) is 13.7. The molecule has 1 heterocycles. The fraction of sp³-hybridized carbons (Fsp3) is 0.348. The highest BCUT2D eigenvalue weighted by Crippen LogP contribution is 2.31. The summed E-state index contributed by atoms with van der Waals surface area (Å²) in [4.78, 5) is 14.3. The predicted molar refractivity (Wildman–Crippen MR) is 110 cm³/mol. The number of carbonyl (C=O) groups is 1. The van der Waals surface area contributed by atoms with E-state index in [1.165, 1.54) is 25.9 Å². The van der Waals surface area contributed by atoms with Crippen molar-refractivity contribution >= 4 is 11.9 Å². The van der Waals surface area contributed by atoms with Crippen molar-refractivity contribution in [3.63, 3.8) is 0 Å². The number of hydrogen-bond donors (Lipinski definition) is 1. The Morgan fingerprint density at radius 3 is 2.43 bits per heavy atom. The van der Waals surface area contributed by atoms with E-state index in [9.17, 15) is 4.79 Å². The van der Waals surface area contributed by atoms with Gasteiger partial charge in [0.25, 0.3) is 0 Å². The number of methoxy groups -OCH3 is 3. The van der Waals surface area contributed by atoms with Gasteiger partial charge in [-0.25, -0.2) is 0 Å². The molecule has 0 amide bonds. The molecule has 5 heteroatoms. The monoisotopic (exact) mass is 382 g/mol. The van der Waals surface area contributed by atoms with Crippen LogP contribution in [0.25, 0.3) is 6.08 Å². The minimum Gasteiger partial charge on any atom is -0.496 e. The van der Waals surface area contributed by atoms with E-state index in [-0.39, 0.29) is 5.78 Å². The van der Waals surface area contributed by atoms with Crippen LogP contribution in [0.3, 0.4) is 0 Å². The topological polar surface area (TPSA) is 49.2 Å². The first kappa shape index (κ1) is 20.0. The van der Waals surface area contributed by atoms with Crippen LogP contribution in [0.2, 0.25) is 0 Å². The fourth-order valence-corrected chi connectivity index (χ4v) is 3.70. The Morgan fingerprint density at radius 1 is 1.00 bits per heavy atom. The van der Waals surface area contributed by atoms with E-state index in [0.29, 0.717) is 17.1 Å². The summed E-state index contributed by atoms with van der Waals surface area (Å²) in [6.07, 6.45) is 5.87. The largest absolute Gasteiger partial charge is 0.496 e. The van der Waals surface area contributed by atoms with Gasteiger partial charge in [-0.05, 0) is 36.4 Å². The average Bonchev–Trinajstić information content (AvgIpc) is 3.24. The van der Waals surface area contributed by atoms with Crippen LogP contribution >= 0.6 is 0 Å². The van der Waals surface area contributed by atoms with Gasteiger partial charge in [0.2, 0.25) is 0 Å². The Labute approximate surface area is 166 Å². The number of hydrogen-bond acceptors (Lipinski definition) is 4. The van der Waals surface area contributed by atoms with Crippen molar-refractivity contribution < 1.29 is 23.9 Å². The molecule has 1 aliphatic rings. The highest BCUT2D eigenvalue weighted by molar-refractivity contribution is 6.07. The fourth-order valence-electron chi connectivity index (χ4n) is 3.70. The highest BCUT2D eigenvalue weighted by Gasteiger charge is 2.19. The number of rotatable bonds is 8. The smallest absolute Gasteiger partial charge is 0.185 e. The number of carbonyl (C=O) groups excluding carboxylic acids is 1. The van der Waals surface area contributed by atoms with E-state index in [4.69, 9.17) is 14.2 Å². The summed E-state index contributed by atoms with van der Waals surface area (Å²) >= 11 is 0. The Morgan fingerprint density at radius 2 is 1.75 bits per heavy atom. The van der Waals surface area contributed by atoms with Gasteiger partial charge in [0.15, 0.2) is 17.3 Å². The summed E-state index contributed by atoms with van der Waals surface area (Å²) < 4.78 is 16.2. The quantitative estimate of drug-likeness (QED) is 0.563. The van der Waals surface area contributed by atoms with Gasteiger partial charge >= 0.3 is 0 Å². The number of ether oxygens (including phenoxy) is 3. The lowest BCUT2D eigenvalue weighted by molar-refractivity contribution is -0.901. The van der Waals surface area contributed by atoms with Crippen LogP contribution in [-0.4, -0.2) is 40.2 Å². The van der Waals surface area contributed by atoms with Crippen molar-refractivity contribution in [3.8, 4) is 17.2 Å². The van der Waals surface area contributed by atoms with E-state index in [1.807, 2.05) is 36.4 Å². The van der Waals surface area contributed by atoms with Crippen molar-refractivity contribution in [3.05, 3.63) is 59.2 Å². The molecule has 148 valence electrons. The minimum atomic E-state index is -0.0507. The number of likely N-dealkylation sites (tertiary alicyclic amines) is 1. The van der Waals surface area contributed by atoms with Crippen molar-refractivity contribution in [2.24, 2.45) is 0 Å². The lowest BCUT2D eigenvalue weighted by atomic mass is 10.0. The molecule has 5 nitrogen and oxygen atoms in total. The van der Waals surface area contributed by atoms with Crippen molar-refractivity contribution in [2.75, 3.05) is 34.4 Å². The van der Waals surface area contributed by atoms with E-state index in [1.54, 1.807) is 38.4 Å². The van der Waals surface area contributed by atoms with E-state index in [2.05, 4.69) is 0 Å². The molecule has 0 aromatic heterocycles. The second kappa shape index (κ2) is 9.42. The number of quaternary nitrogens is 1. The molecule has 2 aromatic carbocycles. The van der Waals surface area contributed by atoms with Crippen molar-refractivity contribution in [1.29, 1.82) is 0 Å². The SMILES string of the molecule is COc1ccc(C(=O)/C=C/c2cccc(OC)c2OC)cc1C[NH+]1CCCC1. The molecule has 1 N–H and O–H groups in total. The van der Waals surface area contributed by atoms with Gasteiger partial charge in [0, 0.05) is 29.5 Å². The van der Waals surface area contributed by atoms with E-state index < -0.39 is 0 Å². The standard InChI is InChI=1S/C23H27NO4/c1-26-21-12-10-18(15-19(21)16-24-13-4-5-14-24)20(25)11-9-17-7-6-8-22(27-2)23(17)28-3/h6-12,15H,4-5,13-14,16H2,1-3H3/p+1/b11-9+. The maximum Gasteiger partial charge on any atom is 0.185 e. The third-order valence-electron chi connectivity index (χ3n) is 5.16. The van der Waals surface area contributed by atoms with Crippen LogP contribution in [-0.2, 0) is 6.54 Å². The minimum absolute atomic E-state index is 0.0507. The van der Waals surface area contributed by atoms with Gasteiger partial charge in [0.1, 0.15) is 12.3 Å². The molecule has 0 aliphatic carbocycles. The second-order valence-corrected chi connectivity index (χ2v) is 6.94. The van der Waals surface area contributed by atoms with Crippen LogP contribution in [0.5, 0.6) is 17.2 Å². The number of benzene rings is 2. The van der Waals surface area contributed by atoms with Crippen LogP contribution in [0.1, 0.15) is 34.3 Å². The zero-order valence-corrected chi connectivity index (χ0v) is 16.8. The first-order valence-corrected chi connectivity index (χ1v) is 9.60. The molecule has 0 spiro atoms. The molecular formula is C23H28NO4+. The van der Waals surface area contributed by atoms with Gasteiger partial charge in [-0.1, -0.05) is 12.1 Å². The van der Waals surface area contributed by atoms with Gasteiger partial charge in [-0.2, -0.15) is 0 Å². The zero-order chi connectivity index (χ0) is 19.9. The number of ketones is 1. The van der Waals surface area contributed by atoms with Crippen molar-refractivity contribution in [2.45, 2.75) is 19.4 Å². The maximum absolute atomic E-state index is 12.8. The summed E-state index contributed by atoms with van der Waals surface area (Å²) in [5, 5.41) is 0. The summed E-state index contributed by atoms with van der Waals surface area (Å²) in [5.41, 5.74) is 2.54. The molecule has 1 saturated heterocycles. The van der Waals surface area contributed by atoms with Crippen LogP contribution in [0, 0.1) is 0 Å². The third kappa shape index (κ3) is 4.54. The third-order valence-corrected chi connectivity index (χ3v) is 5.16. The van der Waals surface area contributed by atoms with Crippen LogP contribution in [0.4, 0.5) is 0 Å². The molecule has 1 fully saturated rings. The van der Waals surface area contributed by atoms with Gasteiger partial charge in [-0.15, -0.1) is 0 Å². The Bertz CT molecular complexity index is 854. The highest BCUT2D eigenvalue weighted by atomic mass is 16.5. The average molecular weight is 382 g/mol. The summed E-state index contributed by atoms with van der Waals surface area (Å²) in [6, 6.07) is 11.3. The van der Waals surface area contributed by atoms with E-state index >= 15 is 0 Å². The van der Waals surface area contributed by atoms with Gasteiger partial charge in [-0.3, -0.25) is 4.79 Å². The molecular weight excluding hydrogens is 354 g/mol. The molecule has 0 bridgehead atoms. The molecule has 1 aliphatic heterocycles. The lowest BCUT2D eigenvalue weighted by Crippen LogP contribution is -3.08. The summed E-state index contributed by atoms with van der Waals surface area (Å²) in [6.45, 7) is 3.24. The molecule has 0 radical (unpaired) electrons. The molecule has 28 heavy (non-hydrogen) atoms. The lowest BCUT2D eigenvalue weighted by Gasteiger charge is -2.15. The molecule has 0 atom stereocenters. The zero-order valence-electron chi connectivity index (χ0n) is 16.8. The molecule has 0 saturated carbocycles. The normalized spacial score (nSPS) is 14.4. The van der Waals surface area contributed by atoms with E-state index in [0.717, 1.165) is 23.4 Å². The van der Waals surface area contributed by atoms with Crippen LogP contribution < -0.4 is 19.1 Å². The van der Waals surface area contributed by atoms with Gasteiger partial charge < -0.3 is 19.1 Å². The van der Waals surface area contributed by atoms with Crippen molar-refractivity contribution in [1.82, 2.24) is 0 Å². The Kier molecular flexibility index (Phi) is 6.71. The molecule has 0 unspecified atom stereocenters. The summed E-state index contributed by atoms with van der Waals surface area (Å²) in [7, 11) is 4.86. The predicted octanol–water partition coefficient (Wildman–Crippen LogP) is 2.79. The number of para-hydroxylation sites is 1. The molecule has 3 rings (SSSR count). The van der Waals surface area contributed by atoms with Crippen LogP contribution in [0.15, 0.2) is 42.5 Å². The Balaban J connectivity index is 1.81. The van der Waals surface area contributed by atoms with Gasteiger partial charge in [0.05, 0.1) is 34.4 Å². The first-order valence-electron chi connectivity index (χ1n) is 9.60.